The highest BCUT2D eigenvalue weighted by molar-refractivity contribution is 5.69. The lowest BCUT2D eigenvalue weighted by atomic mass is 9.96. The van der Waals surface area contributed by atoms with Gasteiger partial charge in [0.15, 0.2) is 0 Å². The summed E-state index contributed by atoms with van der Waals surface area (Å²) in [6.45, 7) is 5.21. The topological polar surface area (TPSA) is 54.7 Å². The molecule has 0 saturated carbocycles. The van der Waals surface area contributed by atoms with Crippen LogP contribution in [0.2, 0.25) is 0 Å². The Labute approximate surface area is 195 Å². The second-order valence-electron chi connectivity index (χ2n) is 8.58. The Balaban J connectivity index is 1.34. The molecule has 2 aromatic carbocycles. The van der Waals surface area contributed by atoms with Gasteiger partial charge in [0, 0.05) is 45.0 Å². The molecule has 3 aromatic rings. The maximum Gasteiger partial charge on any atom is 0.304 e. The summed E-state index contributed by atoms with van der Waals surface area (Å²) in [5, 5.41) is 9.11. The van der Waals surface area contributed by atoms with E-state index in [1.807, 2.05) is 24.3 Å². The maximum absolute atomic E-state index is 11.1. The van der Waals surface area contributed by atoms with Gasteiger partial charge in [-0.2, -0.15) is 0 Å². The van der Waals surface area contributed by atoms with Crippen molar-refractivity contribution in [3.63, 3.8) is 0 Å². The number of aryl methyl sites for hydroxylation is 1. The zero-order valence-corrected chi connectivity index (χ0v) is 19.3. The van der Waals surface area contributed by atoms with Crippen LogP contribution in [0.4, 0.5) is 0 Å². The first-order chi connectivity index (χ1) is 16.0. The van der Waals surface area contributed by atoms with E-state index in [0.717, 1.165) is 42.9 Å². The fourth-order valence-electron chi connectivity index (χ4n) is 4.45. The van der Waals surface area contributed by atoms with Gasteiger partial charge in [0.2, 0.25) is 0 Å². The summed E-state index contributed by atoms with van der Waals surface area (Å²) in [5.74, 6) is 5.41. The third kappa shape index (κ3) is 5.85. The second kappa shape index (κ2) is 10.4. The average Bonchev–Trinajstić information content (AvgIpc) is 3.18. The summed E-state index contributed by atoms with van der Waals surface area (Å²) in [5.41, 5.74) is 6.21. The van der Waals surface area contributed by atoms with Crippen LogP contribution >= 0.6 is 0 Å². The van der Waals surface area contributed by atoms with Gasteiger partial charge in [0.25, 0.3) is 0 Å². The Bertz CT molecular complexity index is 1170. The van der Waals surface area contributed by atoms with Crippen molar-refractivity contribution in [1.82, 2.24) is 9.47 Å². The zero-order valence-electron chi connectivity index (χ0n) is 19.3. The summed E-state index contributed by atoms with van der Waals surface area (Å²) in [6.07, 6.45) is 3.24. The van der Waals surface area contributed by atoms with Crippen molar-refractivity contribution in [3.8, 4) is 17.6 Å². The summed E-state index contributed by atoms with van der Waals surface area (Å²) in [6, 6.07) is 18.4. The van der Waals surface area contributed by atoms with E-state index in [1.54, 1.807) is 6.92 Å². The molecule has 4 rings (SSSR count). The van der Waals surface area contributed by atoms with Crippen LogP contribution in [-0.4, -0.2) is 27.1 Å². The molecule has 0 aliphatic carbocycles. The first-order valence-electron chi connectivity index (χ1n) is 11.3. The second-order valence-corrected chi connectivity index (χ2v) is 8.58. The van der Waals surface area contributed by atoms with Gasteiger partial charge in [-0.25, -0.2) is 0 Å². The van der Waals surface area contributed by atoms with Gasteiger partial charge in [0.05, 0.1) is 12.3 Å². The van der Waals surface area contributed by atoms with E-state index in [-0.39, 0.29) is 12.3 Å². The lowest BCUT2D eigenvalue weighted by Gasteiger charge is -2.27. The van der Waals surface area contributed by atoms with Crippen molar-refractivity contribution < 1.29 is 14.6 Å². The van der Waals surface area contributed by atoms with E-state index in [4.69, 9.17) is 9.84 Å². The Hall–Kier alpha value is -3.49. The Kier molecular flexibility index (Phi) is 7.16. The summed E-state index contributed by atoms with van der Waals surface area (Å²) < 4.78 is 8.23. The molecule has 1 aromatic heterocycles. The molecule has 0 radical (unpaired) electrons. The van der Waals surface area contributed by atoms with Crippen molar-refractivity contribution in [2.75, 3.05) is 6.54 Å². The fourth-order valence-corrected chi connectivity index (χ4v) is 4.45. The molecule has 5 heteroatoms. The smallest absolute Gasteiger partial charge is 0.304 e. The first-order valence-corrected chi connectivity index (χ1v) is 11.3. The summed E-state index contributed by atoms with van der Waals surface area (Å²) in [7, 11) is 2.12. The number of carbonyl (C=O) groups is 1. The molecular formula is C28H30N2O3. The van der Waals surface area contributed by atoms with Crippen molar-refractivity contribution in [1.29, 1.82) is 0 Å². The standard InChI is InChI=1S/C28H30N2O3/c1-3-5-24(17-28(31)32)23-8-10-26(11-9-23)33-20-22-7-4-6-21(16-22)18-30-15-13-27-25(19-30)12-14-29(27)2/h4,6-12,14,16,24H,13,15,17-20H2,1-2H3,(H,31,32)/t24-/m0/s1. The van der Waals surface area contributed by atoms with Gasteiger partial charge in [0.1, 0.15) is 12.4 Å². The Morgan fingerprint density at radius 3 is 2.70 bits per heavy atom. The van der Waals surface area contributed by atoms with Crippen LogP contribution in [0.5, 0.6) is 5.75 Å². The number of ether oxygens (including phenoxy) is 1. The van der Waals surface area contributed by atoms with E-state index in [1.165, 1.54) is 16.8 Å². The summed E-state index contributed by atoms with van der Waals surface area (Å²) >= 11 is 0. The van der Waals surface area contributed by atoms with E-state index < -0.39 is 5.97 Å². The molecule has 1 aliphatic rings. The number of carboxylic acid groups (broad SMARTS) is 1. The van der Waals surface area contributed by atoms with Crippen molar-refractivity contribution in [2.24, 2.45) is 7.05 Å². The van der Waals surface area contributed by atoms with Gasteiger partial charge in [-0.3, -0.25) is 9.69 Å². The van der Waals surface area contributed by atoms with Gasteiger partial charge in [-0.15, -0.1) is 5.92 Å². The molecule has 33 heavy (non-hydrogen) atoms. The highest BCUT2D eigenvalue weighted by atomic mass is 16.5. The largest absolute Gasteiger partial charge is 0.489 e. The number of hydrogen-bond donors (Lipinski definition) is 1. The Morgan fingerprint density at radius 2 is 1.94 bits per heavy atom. The van der Waals surface area contributed by atoms with Gasteiger partial charge < -0.3 is 14.4 Å². The van der Waals surface area contributed by atoms with Crippen molar-refractivity contribution in [2.45, 2.75) is 45.4 Å². The van der Waals surface area contributed by atoms with Crippen LogP contribution in [0.15, 0.2) is 60.8 Å². The van der Waals surface area contributed by atoms with Gasteiger partial charge >= 0.3 is 5.97 Å². The minimum atomic E-state index is -0.850. The van der Waals surface area contributed by atoms with Crippen LogP contribution in [0, 0.1) is 11.8 Å². The molecule has 5 nitrogen and oxygen atoms in total. The first kappa shape index (κ1) is 22.7. The lowest BCUT2D eigenvalue weighted by molar-refractivity contribution is -0.137. The van der Waals surface area contributed by atoms with Crippen molar-refractivity contribution >= 4 is 5.97 Å². The zero-order chi connectivity index (χ0) is 23.2. The quantitative estimate of drug-likeness (QED) is 0.512. The number of aliphatic carboxylic acids is 1. The highest BCUT2D eigenvalue weighted by Gasteiger charge is 2.18. The monoisotopic (exact) mass is 442 g/mol. The van der Waals surface area contributed by atoms with Crippen LogP contribution < -0.4 is 4.74 Å². The molecule has 0 unspecified atom stereocenters. The molecule has 0 saturated heterocycles. The normalized spacial score (nSPS) is 14.1. The van der Waals surface area contributed by atoms with Gasteiger partial charge in [-0.05, 0) is 47.4 Å². The molecule has 0 spiro atoms. The van der Waals surface area contributed by atoms with Crippen LogP contribution in [0.1, 0.15) is 47.2 Å². The van der Waals surface area contributed by atoms with E-state index in [0.29, 0.717) is 6.61 Å². The Morgan fingerprint density at radius 1 is 1.15 bits per heavy atom. The number of carboxylic acids is 1. The SMILES string of the molecule is CC#C[C@@H](CC(=O)O)c1ccc(OCc2cccc(CN3CCc4c(ccn4C)C3)c2)cc1. The van der Waals surface area contributed by atoms with E-state index in [9.17, 15) is 4.79 Å². The number of benzene rings is 2. The number of hydrogen-bond acceptors (Lipinski definition) is 3. The minimum absolute atomic E-state index is 0.00353. The molecule has 1 N–H and O–H groups in total. The number of nitrogens with zero attached hydrogens (tertiary/aromatic N) is 2. The summed E-state index contributed by atoms with van der Waals surface area (Å²) in [4.78, 5) is 13.6. The van der Waals surface area contributed by atoms with Crippen LogP contribution in [0.3, 0.4) is 0 Å². The van der Waals surface area contributed by atoms with Crippen LogP contribution in [-0.2, 0) is 38.0 Å². The molecular weight excluding hydrogens is 412 g/mol. The average molecular weight is 443 g/mol. The predicted octanol–water partition coefficient (Wildman–Crippen LogP) is 4.74. The molecule has 1 aliphatic heterocycles. The highest BCUT2D eigenvalue weighted by Crippen LogP contribution is 2.24. The predicted molar refractivity (Wildman–Crippen MR) is 129 cm³/mol. The lowest BCUT2D eigenvalue weighted by Crippen LogP contribution is -2.30. The molecule has 0 bridgehead atoms. The number of aromatic nitrogens is 1. The molecule has 0 amide bonds. The molecule has 2 heterocycles. The fraction of sp³-hybridized carbons (Fsp3) is 0.321. The third-order valence-electron chi connectivity index (χ3n) is 6.14. The minimum Gasteiger partial charge on any atom is -0.489 e. The molecule has 170 valence electrons. The van der Waals surface area contributed by atoms with E-state index >= 15 is 0 Å². The van der Waals surface area contributed by atoms with Crippen molar-refractivity contribution in [3.05, 3.63) is 88.7 Å². The molecule has 1 atom stereocenters. The molecule has 0 fully saturated rings. The van der Waals surface area contributed by atoms with Crippen LogP contribution in [0.25, 0.3) is 0 Å². The maximum atomic E-state index is 11.1. The van der Waals surface area contributed by atoms with E-state index in [2.05, 4.69) is 64.9 Å². The third-order valence-corrected chi connectivity index (χ3v) is 6.14. The van der Waals surface area contributed by atoms with Gasteiger partial charge in [-0.1, -0.05) is 42.3 Å². The number of fused-ring (bicyclic) bond motifs is 1. The number of rotatable bonds is 8.